The smallest absolute Gasteiger partial charge is 0.269 e. The standard InChI is InChI=1S/C13H19N5O/c1-3-5-14-12-6-13(19)18(16-8-12)10-11-7-15-17(4-2)9-11/h6-9,14H,3-5,10H2,1-2H3. The lowest BCUT2D eigenvalue weighted by atomic mass is 10.3. The van der Waals surface area contributed by atoms with Crippen LogP contribution in [0.5, 0.6) is 0 Å². The van der Waals surface area contributed by atoms with Gasteiger partial charge in [0, 0.05) is 30.9 Å². The zero-order chi connectivity index (χ0) is 13.7. The molecule has 2 rings (SSSR count). The minimum atomic E-state index is -0.106. The van der Waals surface area contributed by atoms with Gasteiger partial charge in [0.25, 0.3) is 5.56 Å². The van der Waals surface area contributed by atoms with Crippen LogP contribution in [0, 0.1) is 0 Å². The van der Waals surface area contributed by atoms with Crippen molar-refractivity contribution in [3.05, 3.63) is 40.6 Å². The van der Waals surface area contributed by atoms with Gasteiger partial charge < -0.3 is 5.32 Å². The molecule has 0 fully saturated rings. The molecule has 0 unspecified atom stereocenters. The van der Waals surface area contributed by atoms with Crippen molar-refractivity contribution in [1.29, 1.82) is 0 Å². The number of anilines is 1. The molecular weight excluding hydrogens is 242 g/mol. The van der Waals surface area contributed by atoms with Crippen molar-refractivity contribution >= 4 is 5.69 Å². The van der Waals surface area contributed by atoms with Crippen LogP contribution in [0.3, 0.4) is 0 Å². The lowest BCUT2D eigenvalue weighted by Crippen LogP contribution is -2.23. The lowest BCUT2D eigenvalue weighted by Gasteiger charge is -2.06. The lowest BCUT2D eigenvalue weighted by molar-refractivity contribution is 0.634. The topological polar surface area (TPSA) is 64.7 Å². The molecule has 0 bridgehead atoms. The third kappa shape index (κ3) is 3.43. The molecule has 1 N–H and O–H groups in total. The highest BCUT2D eigenvalue weighted by atomic mass is 16.1. The summed E-state index contributed by atoms with van der Waals surface area (Å²) in [5.74, 6) is 0. The molecule has 2 aromatic rings. The van der Waals surface area contributed by atoms with Gasteiger partial charge in [0.05, 0.1) is 24.6 Å². The van der Waals surface area contributed by atoms with Gasteiger partial charge in [-0.05, 0) is 13.3 Å². The minimum absolute atomic E-state index is 0.106. The monoisotopic (exact) mass is 261 g/mol. The molecule has 0 aliphatic carbocycles. The van der Waals surface area contributed by atoms with E-state index in [-0.39, 0.29) is 5.56 Å². The summed E-state index contributed by atoms with van der Waals surface area (Å²) in [6.45, 7) is 6.21. The molecule has 0 radical (unpaired) electrons. The van der Waals surface area contributed by atoms with Gasteiger partial charge in [-0.25, -0.2) is 4.68 Å². The molecule has 0 aromatic carbocycles. The third-order valence-corrected chi connectivity index (χ3v) is 2.79. The maximum absolute atomic E-state index is 11.9. The molecule has 102 valence electrons. The molecule has 19 heavy (non-hydrogen) atoms. The van der Waals surface area contributed by atoms with Crippen molar-refractivity contribution < 1.29 is 0 Å². The van der Waals surface area contributed by atoms with Gasteiger partial charge in [-0.1, -0.05) is 6.92 Å². The van der Waals surface area contributed by atoms with Crippen LogP contribution in [0.15, 0.2) is 29.5 Å². The number of aromatic nitrogens is 4. The van der Waals surface area contributed by atoms with E-state index >= 15 is 0 Å². The third-order valence-electron chi connectivity index (χ3n) is 2.79. The molecule has 0 saturated carbocycles. The Bertz CT molecular complexity index is 587. The quantitative estimate of drug-likeness (QED) is 0.852. The average Bonchev–Trinajstić information content (AvgIpc) is 2.87. The van der Waals surface area contributed by atoms with E-state index in [9.17, 15) is 4.79 Å². The van der Waals surface area contributed by atoms with E-state index in [1.165, 1.54) is 4.68 Å². The molecule has 6 nitrogen and oxygen atoms in total. The van der Waals surface area contributed by atoms with Crippen LogP contribution >= 0.6 is 0 Å². The Kier molecular flexibility index (Phi) is 4.33. The number of rotatable bonds is 6. The van der Waals surface area contributed by atoms with Crippen LogP contribution in [0.2, 0.25) is 0 Å². The Hall–Kier alpha value is -2.11. The van der Waals surface area contributed by atoms with E-state index in [1.54, 1.807) is 18.5 Å². The number of hydrogen-bond donors (Lipinski definition) is 1. The number of nitrogens with zero attached hydrogens (tertiary/aromatic N) is 4. The van der Waals surface area contributed by atoms with E-state index in [0.29, 0.717) is 6.54 Å². The van der Waals surface area contributed by atoms with Crippen molar-refractivity contribution in [2.45, 2.75) is 33.4 Å². The van der Waals surface area contributed by atoms with Gasteiger partial charge in [0.15, 0.2) is 0 Å². The predicted molar refractivity (Wildman–Crippen MR) is 74.3 cm³/mol. The van der Waals surface area contributed by atoms with Crippen molar-refractivity contribution in [3.8, 4) is 0 Å². The Balaban J connectivity index is 2.10. The molecule has 0 amide bonds. The minimum Gasteiger partial charge on any atom is -0.384 e. The molecule has 0 saturated heterocycles. The number of aryl methyl sites for hydroxylation is 1. The van der Waals surface area contributed by atoms with E-state index in [4.69, 9.17) is 0 Å². The molecular formula is C13H19N5O. The zero-order valence-electron chi connectivity index (χ0n) is 11.3. The van der Waals surface area contributed by atoms with Crippen LogP contribution in [-0.4, -0.2) is 26.1 Å². The second-order valence-electron chi connectivity index (χ2n) is 4.37. The highest BCUT2D eigenvalue weighted by molar-refractivity contribution is 5.38. The van der Waals surface area contributed by atoms with Gasteiger partial charge in [-0.3, -0.25) is 9.48 Å². The summed E-state index contributed by atoms with van der Waals surface area (Å²) < 4.78 is 3.27. The summed E-state index contributed by atoms with van der Waals surface area (Å²) in [5, 5.41) is 11.5. The van der Waals surface area contributed by atoms with E-state index in [1.807, 2.05) is 17.8 Å². The van der Waals surface area contributed by atoms with E-state index < -0.39 is 0 Å². The number of nitrogens with one attached hydrogen (secondary N) is 1. The second-order valence-corrected chi connectivity index (χ2v) is 4.37. The molecule has 0 atom stereocenters. The van der Waals surface area contributed by atoms with Crippen molar-refractivity contribution in [1.82, 2.24) is 19.6 Å². The largest absolute Gasteiger partial charge is 0.384 e. The maximum Gasteiger partial charge on any atom is 0.269 e. The SMILES string of the molecule is CCCNc1cnn(Cc2cnn(CC)c2)c(=O)c1. The van der Waals surface area contributed by atoms with Crippen molar-refractivity contribution in [2.24, 2.45) is 0 Å². The molecule has 0 aliphatic rings. The van der Waals surface area contributed by atoms with Gasteiger partial charge in [0.1, 0.15) is 0 Å². The summed E-state index contributed by atoms with van der Waals surface area (Å²) in [7, 11) is 0. The molecule has 6 heteroatoms. The Morgan fingerprint density at radius 2 is 2.11 bits per heavy atom. The van der Waals surface area contributed by atoms with Crippen LogP contribution in [-0.2, 0) is 13.1 Å². The molecule has 0 spiro atoms. The second kappa shape index (κ2) is 6.17. The molecule has 2 heterocycles. The van der Waals surface area contributed by atoms with E-state index in [2.05, 4.69) is 22.4 Å². The van der Waals surface area contributed by atoms with Gasteiger partial charge in [-0.2, -0.15) is 10.2 Å². The Morgan fingerprint density at radius 3 is 2.74 bits per heavy atom. The van der Waals surface area contributed by atoms with Crippen LogP contribution in [0.1, 0.15) is 25.8 Å². The van der Waals surface area contributed by atoms with Gasteiger partial charge in [0.2, 0.25) is 0 Å². The fourth-order valence-corrected chi connectivity index (χ4v) is 1.75. The first-order valence-corrected chi connectivity index (χ1v) is 6.55. The van der Waals surface area contributed by atoms with E-state index in [0.717, 1.165) is 30.8 Å². The van der Waals surface area contributed by atoms with Crippen molar-refractivity contribution in [3.63, 3.8) is 0 Å². The summed E-state index contributed by atoms with van der Waals surface area (Å²) in [5.41, 5.74) is 1.64. The highest BCUT2D eigenvalue weighted by Gasteiger charge is 2.03. The fraction of sp³-hybridized carbons (Fsp3) is 0.462. The van der Waals surface area contributed by atoms with Gasteiger partial charge in [-0.15, -0.1) is 0 Å². The zero-order valence-corrected chi connectivity index (χ0v) is 11.3. The van der Waals surface area contributed by atoms with Crippen molar-refractivity contribution in [2.75, 3.05) is 11.9 Å². The summed E-state index contributed by atoms with van der Waals surface area (Å²) >= 11 is 0. The first-order valence-electron chi connectivity index (χ1n) is 6.55. The van der Waals surface area contributed by atoms with Gasteiger partial charge >= 0.3 is 0 Å². The van der Waals surface area contributed by atoms with Crippen LogP contribution < -0.4 is 10.9 Å². The predicted octanol–water partition coefficient (Wildman–Crippen LogP) is 1.33. The number of hydrogen-bond acceptors (Lipinski definition) is 4. The average molecular weight is 261 g/mol. The fourth-order valence-electron chi connectivity index (χ4n) is 1.75. The maximum atomic E-state index is 11.9. The first-order chi connectivity index (χ1) is 9.22. The summed E-state index contributed by atoms with van der Waals surface area (Å²) in [4.78, 5) is 11.9. The summed E-state index contributed by atoms with van der Waals surface area (Å²) in [6, 6.07) is 1.58. The molecule has 2 aromatic heterocycles. The molecule has 0 aliphatic heterocycles. The highest BCUT2D eigenvalue weighted by Crippen LogP contribution is 2.02. The normalized spacial score (nSPS) is 10.6. The van der Waals surface area contributed by atoms with Crippen LogP contribution in [0.4, 0.5) is 5.69 Å². The Labute approximate surface area is 112 Å². The van der Waals surface area contributed by atoms with Crippen LogP contribution in [0.25, 0.3) is 0 Å². The summed E-state index contributed by atoms with van der Waals surface area (Å²) in [6.07, 6.45) is 6.39. The Morgan fingerprint density at radius 1 is 1.26 bits per heavy atom. The first kappa shape index (κ1) is 13.3.